The van der Waals surface area contributed by atoms with E-state index in [-0.39, 0.29) is 5.54 Å². The van der Waals surface area contributed by atoms with Crippen molar-refractivity contribution in [1.29, 1.82) is 0 Å². The molecule has 1 N–H and O–H groups in total. The van der Waals surface area contributed by atoms with E-state index < -0.39 is 0 Å². The molecule has 1 aromatic heterocycles. The lowest BCUT2D eigenvalue weighted by Gasteiger charge is -2.36. The Morgan fingerprint density at radius 3 is 2.65 bits per heavy atom. The summed E-state index contributed by atoms with van der Waals surface area (Å²) in [4.78, 5) is 6.72. The summed E-state index contributed by atoms with van der Waals surface area (Å²) in [7, 11) is 4.09. The summed E-state index contributed by atoms with van der Waals surface area (Å²) in [5, 5.41) is 3.25. The molecule has 0 saturated carbocycles. The zero-order chi connectivity index (χ0) is 13.1. The molecule has 1 unspecified atom stereocenters. The Balaban J connectivity index is 2.99. The number of hydrogen-bond donors (Lipinski definition) is 1. The summed E-state index contributed by atoms with van der Waals surface area (Å²) in [5.74, 6) is 1.04. The van der Waals surface area contributed by atoms with Gasteiger partial charge in [-0.2, -0.15) is 0 Å². The van der Waals surface area contributed by atoms with Crippen molar-refractivity contribution in [1.82, 2.24) is 10.3 Å². The summed E-state index contributed by atoms with van der Waals surface area (Å²) in [6.07, 6.45) is 2.98. The number of nitrogens with one attached hydrogen (secondary N) is 1. The third-order valence-corrected chi connectivity index (χ3v) is 3.82. The molecule has 96 valence electrons. The molecule has 0 radical (unpaired) electrons. The molecular formula is C14H25N3. The average Bonchev–Trinajstić information content (AvgIpc) is 2.36. The van der Waals surface area contributed by atoms with Gasteiger partial charge in [0.15, 0.2) is 0 Å². The van der Waals surface area contributed by atoms with Gasteiger partial charge in [0, 0.05) is 24.8 Å². The lowest BCUT2D eigenvalue weighted by atomic mass is 9.99. The molecule has 0 saturated heterocycles. The van der Waals surface area contributed by atoms with Crippen LogP contribution in [0.2, 0.25) is 0 Å². The summed E-state index contributed by atoms with van der Waals surface area (Å²) in [6, 6.07) is 4.59. The van der Waals surface area contributed by atoms with Crippen molar-refractivity contribution in [3.63, 3.8) is 0 Å². The van der Waals surface area contributed by atoms with Crippen molar-refractivity contribution < 1.29 is 0 Å². The Kier molecular flexibility index (Phi) is 4.52. The van der Waals surface area contributed by atoms with Crippen molar-refractivity contribution in [3.05, 3.63) is 23.9 Å². The zero-order valence-electron chi connectivity index (χ0n) is 11.9. The molecule has 1 heterocycles. The minimum atomic E-state index is 0.133. The van der Waals surface area contributed by atoms with Gasteiger partial charge in [-0.15, -0.1) is 0 Å². The molecule has 0 aliphatic rings. The summed E-state index contributed by atoms with van der Waals surface area (Å²) < 4.78 is 0. The molecule has 0 bridgehead atoms. The smallest absolute Gasteiger partial charge is 0.128 e. The molecule has 0 amide bonds. The van der Waals surface area contributed by atoms with Gasteiger partial charge in [-0.05, 0) is 51.9 Å². The normalized spacial score (nSPS) is 13.5. The molecule has 0 aliphatic heterocycles. The standard InChI is InChI=1S/C14H25N3/c1-7-14(3,4)17(6)13-10-12(8-9-16-13)11(2)15-5/h8-11,15H,7H2,1-6H3. The van der Waals surface area contributed by atoms with E-state index in [1.807, 2.05) is 13.2 Å². The molecule has 3 nitrogen and oxygen atoms in total. The summed E-state index contributed by atoms with van der Waals surface area (Å²) in [6.45, 7) is 8.84. The molecule has 1 atom stereocenters. The van der Waals surface area contributed by atoms with Crippen molar-refractivity contribution in [2.75, 3.05) is 19.0 Å². The third kappa shape index (κ3) is 3.19. The summed E-state index contributed by atoms with van der Waals surface area (Å²) >= 11 is 0. The first kappa shape index (κ1) is 14.0. The van der Waals surface area contributed by atoms with Crippen LogP contribution < -0.4 is 10.2 Å². The van der Waals surface area contributed by atoms with E-state index >= 15 is 0 Å². The fraction of sp³-hybridized carbons (Fsp3) is 0.643. The van der Waals surface area contributed by atoms with Crippen LogP contribution in [0.5, 0.6) is 0 Å². The van der Waals surface area contributed by atoms with Crippen molar-refractivity contribution in [2.45, 2.75) is 45.7 Å². The van der Waals surface area contributed by atoms with Gasteiger partial charge in [0.05, 0.1) is 0 Å². The van der Waals surface area contributed by atoms with Gasteiger partial charge < -0.3 is 10.2 Å². The predicted molar refractivity (Wildman–Crippen MR) is 74.5 cm³/mol. The first-order valence-corrected chi connectivity index (χ1v) is 6.29. The second kappa shape index (κ2) is 5.50. The molecule has 0 aliphatic carbocycles. The van der Waals surface area contributed by atoms with E-state index in [1.54, 1.807) is 0 Å². The van der Waals surface area contributed by atoms with Crippen LogP contribution >= 0.6 is 0 Å². The second-order valence-corrected chi connectivity index (χ2v) is 5.18. The lowest BCUT2D eigenvalue weighted by Crippen LogP contribution is -2.41. The highest BCUT2D eigenvalue weighted by Crippen LogP contribution is 2.24. The Labute approximate surface area is 105 Å². The number of rotatable bonds is 5. The van der Waals surface area contributed by atoms with Crippen LogP contribution in [0.25, 0.3) is 0 Å². The van der Waals surface area contributed by atoms with Gasteiger partial charge in [-0.3, -0.25) is 0 Å². The molecule has 0 spiro atoms. The highest BCUT2D eigenvalue weighted by molar-refractivity contribution is 5.43. The molecule has 0 fully saturated rings. The van der Waals surface area contributed by atoms with Gasteiger partial charge in [-0.1, -0.05) is 6.92 Å². The minimum absolute atomic E-state index is 0.133. The molecule has 1 aromatic rings. The Morgan fingerprint density at radius 2 is 2.12 bits per heavy atom. The number of anilines is 1. The van der Waals surface area contributed by atoms with Gasteiger partial charge in [-0.25, -0.2) is 4.98 Å². The van der Waals surface area contributed by atoms with Crippen LogP contribution in [0.1, 0.15) is 45.7 Å². The van der Waals surface area contributed by atoms with Crippen LogP contribution in [0, 0.1) is 0 Å². The van der Waals surface area contributed by atoms with E-state index in [0.717, 1.165) is 12.2 Å². The van der Waals surface area contributed by atoms with Crippen molar-refractivity contribution in [2.24, 2.45) is 0 Å². The van der Waals surface area contributed by atoms with Crippen LogP contribution in [0.3, 0.4) is 0 Å². The molecular weight excluding hydrogens is 210 g/mol. The Morgan fingerprint density at radius 1 is 1.47 bits per heavy atom. The Bertz CT molecular complexity index is 360. The maximum Gasteiger partial charge on any atom is 0.128 e. The monoisotopic (exact) mass is 235 g/mol. The number of nitrogens with zero attached hydrogens (tertiary/aromatic N) is 2. The van der Waals surface area contributed by atoms with Crippen molar-refractivity contribution >= 4 is 5.82 Å². The summed E-state index contributed by atoms with van der Waals surface area (Å²) in [5.41, 5.74) is 1.41. The predicted octanol–water partition coefficient (Wildman–Crippen LogP) is 2.99. The number of aromatic nitrogens is 1. The van der Waals surface area contributed by atoms with E-state index in [1.165, 1.54) is 5.56 Å². The fourth-order valence-corrected chi connectivity index (χ4v) is 1.60. The molecule has 0 aromatic carbocycles. The van der Waals surface area contributed by atoms with Gasteiger partial charge in [0.2, 0.25) is 0 Å². The van der Waals surface area contributed by atoms with E-state index in [2.05, 4.69) is 62.1 Å². The van der Waals surface area contributed by atoms with Crippen LogP contribution in [0.15, 0.2) is 18.3 Å². The SMILES string of the molecule is CCC(C)(C)N(C)c1cc(C(C)NC)ccn1. The zero-order valence-corrected chi connectivity index (χ0v) is 11.9. The highest BCUT2D eigenvalue weighted by Gasteiger charge is 2.22. The van der Waals surface area contributed by atoms with Crippen molar-refractivity contribution in [3.8, 4) is 0 Å². The number of hydrogen-bond acceptors (Lipinski definition) is 3. The molecule has 3 heteroatoms. The van der Waals surface area contributed by atoms with Crippen LogP contribution in [-0.4, -0.2) is 24.6 Å². The van der Waals surface area contributed by atoms with E-state index in [4.69, 9.17) is 0 Å². The average molecular weight is 235 g/mol. The van der Waals surface area contributed by atoms with Gasteiger partial charge in [0.25, 0.3) is 0 Å². The van der Waals surface area contributed by atoms with Gasteiger partial charge >= 0.3 is 0 Å². The quantitative estimate of drug-likeness (QED) is 0.850. The largest absolute Gasteiger partial charge is 0.355 e. The van der Waals surface area contributed by atoms with E-state index in [9.17, 15) is 0 Å². The molecule has 17 heavy (non-hydrogen) atoms. The van der Waals surface area contributed by atoms with E-state index in [0.29, 0.717) is 6.04 Å². The maximum absolute atomic E-state index is 4.47. The first-order chi connectivity index (χ1) is 7.92. The number of pyridine rings is 1. The van der Waals surface area contributed by atoms with Crippen LogP contribution in [0.4, 0.5) is 5.82 Å². The second-order valence-electron chi connectivity index (χ2n) is 5.18. The highest BCUT2D eigenvalue weighted by atomic mass is 15.2. The maximum atomic E-state index is 4.47. The fourth-order valence-electron chi connectivity index (χ4n) is 1.60. The lowest BCUT2D eigenvalue weighted by molar-refractivity contribution is 0.467. The topological polar surface area (TPSA) is 28.2 Å². The minimum Gasteiger partial charge on any atom is -0.355 e. The first-order valence-electron chi connectivity index (χ1n) is 6.29. The third-order valence-electron chi connectivity index (χ3n) is 3.82. The van der Waals surface area contributed by atoms with Gasteiger partial charge in [0.1, 0.15) is 5.82 Å². The molecule has 1 rings (SSSR count). The van der Waals surface area contributed by atoms with Crippen LogP contribution in [-0.2, 0) is 0 Å². The Hall–Kier alpha value is -1.09.